The molecule has 3 aromatic carbocycles. The van der Waals surface area contributed by atoms with Crippen LogP contribution in [0.15, 0.2) is 60.7 Å². The first-order chi connectivity index (χ1) is 17.2. The van der Waals surface area contributed by atoms with Crippen LogP contribution in [0.25, 0.3) is 0 Å². The van der Waals surface area contributed by atoms with Crippen molar-refractivity contribution in [2.24, 2.45) is 5.92 Å². The van der Waals surface area contributed by atoms with Gasteiger partial charge in [-0.1, -0.05) is 29.8 Å². The number of carbonyl (C=O) groups is 3. The van der Waals surface area contributed by atoms with Crippen LogP contribution in [0.4, 0.5) is 11.4 Å². The first-order valence-electron chi connectivity index (χ1n) is 11.9. The molecule has 1 heterocycles. The maximum absolute atomic E-state index is 13.7. The predicted octanol–water partition coefficient (Wildman–Crippen LogP) is 5.98. The van der Waals surface area contributed by atoms with Gasteiger partial charge in [0.05, 0.1) is 6.61 Å². The second-order valence-corrected chi connectivity index (χ2v) is 9.63. The van der Waals surface area contributed by atoms with Crippen LogP contribution in [0.3, 0.4) is 0 Å². The molecule has 0 bridgehead atoms. The SMILES string of the molecule is CC(=O)OCC1CCN(C(=O)c2ccc(NC(=O)c3ccccc3C)cc2C)c2ccc(Cl)cc2C1. The third-order valence-corrected chi connectivity index (χ3v) is 6.71. The molecular formula is C29H29ClN2O4. The number of rotatable bonds is 5. The van der Waals surface area contributed by atoms with E-state index in [0.717, 1.165) is 22.4 Å². The molecule has 6 nitrogen and oxygen atoms in total. The van der Waals surface area contributed by atoms with Gasteiger partial charge in [0.1, 0.15) is 0 Å². The number of esters is 1. The topological polar surface area (TPSA) is 75.7 Å². The highest BCUT2D eigenvalue weighted by Crippen LogP contribution is 2.33. The van der Waals surface area contributed by atoms with Crippen molar-refractivity contribution in [2.45, 2.75) is 33.6 Å². The summed E-state index contributed by atoms with van der Waals surface area (Å²) in [6.45, 7) is 5.95. The lowest BCUT2D eigenvalue weighted by Crippen LogP contribution is -2.33. The summed E-state index contributed by atoms with van der Waals surface area (Å²) in [7, 11) is 0. The minimum atomic E-state index is -0.316. The Morgan fingerprint density at radius 2 is 1.78 bits per heavy atom. The Hall–Kier alpha value is -3.64. The Morgan fingerprint density at radius 1 is 1.00 bits per heavy atom. The second kappa shape index (κ2) is 11.0. The second-order valence-electron chi connectivity index (χ2n) is 9.19. The zero-order valence-corrected chi connectivity index (χ0v) is 21.4. The molecule has 186 valence electrons. The van der Waals surface area contributed by atoms with Crippen molar-refractivity contribution in [2.75, 3.05) is 23.4 Å². The van der Waals surface area contributed by atoms with Crippen molar-refractivity contribution in [3.8, 4) is 0 Å². The molecule has 1 atom stereocenters. The molecule has 0 aliphatic carbocycles. The summed E-state index contributed by atoms with van der Waals surface area (Å²) in [5.74, 6) is -0.544. The first kappa shape index (κ1) is 25.5. The average molecular weight is 505 g/mol. The number of fused-ring (bicyclic) bond motifs is 1. The van der Waals surface area contributed by atoms with E-state index in [-0.39, 0.29) is 23.7 Å². The fourth-order valence-electron chi connectivity index (χ4n) is 4.57. The molecule has 1 aliphatic rings. The van der Waals surface area contributed by atoms with Gasteiger partial charge >= 0.3 is 5.97 Å². The molecule has 0 saturated carbocycles. The van der Waals surface area contributed by atoms with Crippen molar-refractivity contribution in [1.29, 1.82) is 0 Å². The number of halogens is 1. The summed E-state index contributed by atoms with van der Waals surface area (Å²) in [6, 6.07) is 18.2. The van der Waals surface area contributed by atoms with Crippen molar-refractivity contribution in [3.05, 3.63) is 93.5 Å². The number of hydrogen-bond acceptors (Lipinski definition) is 4. The van der Waals surface area contributed by atoms with Gasteiger partial charge in [-0.15, -0.1) is 0 Å². The summed E-state index contributed by atoms with van der Waals surface area (Å²) in [5, 5.41) is 3.52. The molecule has 0 spiro atoms. The van der Waals surface area contributed by atoms with E-state index >= 15 is 0 Å². The van der Waals surface area contributed by atoms with Crippen LogP contribution in [-0.2, 0) is 16.0 Å². The average Bonchev–Trinajstić information content (AvgIpc) is 3.01. The molecule has 7 heteroatoms. The van der Waals surface area contributed by atoms with Crippen LogP contribution in [-0.4, -0.2) is 30.9 Å². The van der Waals surface area contributed by atoms with E-state index in [1.54, 1.807) is 29.2 Å². The fraction of sp³-hybridized carbons (Fsp3) is 0.276. The minimum Gasteiger partial charge on any atom is -0.466 e. The van der Waals surface area contributed by atoms with Gasteiger partial charge in [0.15, 0.2) is 0 Å². The van der Waals surface area contributed by atoms with Crippen molar-refractivity contribution in [1.82, 2.24) is 0 Å². The molecule has 36 heavy (non-hydrogen) atoms. The van der Waals surface area contributed by atoms with Gasteiger partial charge in [0.25, 0.3) is 11.8 Å². The van der Waals surface area contributed by atoms with Gasteiger partial charge in [-0.3, -0.25) is 14.4 Å². The van der Waals surface area contributed by atoms with Crippen LogP contribution < -0.4 is 10.2 Å². The van der Waals surface area contributed by atoms with E-state index < -0.39 is 0 Å². The van der Waals surface area contributed by atoms with Crippen LogP contribution in [0, 0.1) is 19.8 Å². The smallest absolute Gasteiger partial charge is 0.302 e. The van der Waals surface area contributed by atoms with Crippen LogP contribution in [0.2, 0.25) is 5.02 Å². The van der Waals surface area contributed by atoms with Crippen molar-refractivity contribution in [3.63, 3.8) is 0 Å². The molecule has 1 aliphatic heterocycles. The molecule has 3 aromatic rings. The van der Waals surface area contributed by atoms with E-state index in [2.05, 4.69) is 5.32 Å². The third kappa shape index (κ3) is 5.77. The third-order valence-electron chi connectivity index (χ3n) is 6.47. The Bertz CT molecular complexity index is 1320. The number of nitrogens with zero attached hydrogens (tertiary/aromatic N) is 1. The van der Waals surface area contributed by atoms with Crippen molar-refractivity contribution >= 4 is 40.8 Å². The molecular weight excluding hydrogens is 476 g/mol. The lowest BCUT2D eigenvalue weighted by atomic mass is 9.98. The largest absolute Gasteiger partial charge is 0.466 e. The molecule has 0 saturated heterocycles. The van der Waals surface area contributed by atoms with Crippen LogP contribution >= 0.6 is 11.6 Å². The summed E-state index contributed by atoms with van der Waals surface area (Å²) in [6.07, 6.45) is 1.35. The van der Waals surface area contributed by atoms with Gasteiger partial charge in [-0.25, -0.2) is 0 Å². The molecule has 0 fully saturated rings. The molecule has 1 unspecified atom stereocenters. The maximum atomic E-state index is 13.7. The zero-order valence-electron chi connectivity index (χ0n) is 20.6. The van der Waals surface area contributed by atoms with Gasteiger partial charge in [0.2, 0.25) is 0 Å². The molecule has 0 aromatic heterocycles. The Morgan fingerprint density at radius 3 is 2.50 bits per heavy atom. The monoisotopic (exact) mass is 504 g/mol. The van der Waals surface area contributed by atoms with E-state index in [0.29, 0.717) is 47.8 Å². The van der Waals surface area contributed by atoms with Gasteiger partial charge in [-0.05, 0) is 91.8 Å². The van der Waals surface area contributed by atoms with Crippen LogP contribution in [0.1, 0.15) is 50.8 Å². The van der Waals surface area contributed by atoms with E-state index in [1.165, 1.54) is 6.92 Å². The zero-order chi connectivity index (χ0) is 25.8. The summed E-state index contributed by atoms with van der Waals surface area (Å²) in [5.41, 5.74) is 5.21. The predicted molar refractivity (Wildman–Crippen MR) is 142 cm³/mol. The Labute approximate surface area is 216 Å². The van der Waals surface area contributed by atoms with Gasteiger partial charge in [-0.2, -0.15) is 0 Å². The summed E-state index contributed by atoms with van der Waals surface area (Å²) >= 11 is 6.26. The maximum Gasteiger partial charge on any atom is 0.302 e. The van der Waals surface area contributed by atoms with E-state index in [1.807, 2.05) is 50.2 Å². The highest BCUT2D eigenvalue weighted by Gasteiger charge is 2.28. The number of aryl methyl sites for hydroxylation is 2. The summed E-state index contributed by atoms with van der Waals surface area (Å²) < 4.78 is 5.26. The first-order valence-corrected chi connectivity index (χ1v) is 12.3. The fourth-order valence-corrected chi connectivity index (χ4v) is 4.76. The van der Waals surface area contributed by atoms with E-state index in [4.69, 9.17) is 16.3 Å². The standard InChI is InChI=1S/C29H29ClN2O4/c1-18-6-4-5-7-25(18)28(34)31-24-9-10-26(19(2)14-24)29(35)32-13-12-21(17-36-20(3)33)15-22-16-23(30)8-11-27(22)32/h4-11,14,16,21H,12-13,15,17H2,1-3H3,(H,31,34). The number of benzene rings is 3. The van der Waals surface area contributed by atoms with E-state index in [9.17, 15) is 14.4 Å². The Kier molecular flexibility index (Phi) is 7.75. The number of hydrogen-bond donors (Lipinski definition) is 1. The summed E-state index contributed by atoms with van der Waals surface area (Å²) in [4.78, 5) is 39.5. The lowest BCUT2D eigenvalue weighted by Gasteiger charge is -2.24. The minimum absolute atomic E-state index is 0.0871. The highest BCUT2D eigenvalue weighted by molar-refractivity contribution is 6.30. The van der Waals surface area contributed by atoms with Gasteiger partial charge in [0, 0.05) is 41.0 Å². The molecule has 0 radical (unpaired) electrons. The number of amides is 2. The molecule has 2 amide bonds. The highest BCUT2D eigenvalue weighted by atomic mass is 35.5. The lowest BCUT2D eigenvalue weighted by molar-refractivity contribution is -0.142. The number of carbonyl (C=O) groups excluding carboxylic acids is 3. The number of nitrogens with one attached hydrogen (secondary N) is 1. The molecule has 4 rings (SSSR count). The van der Waals surface area contributed by atoms with Gasteiger partial charge < -0.3 is 15.0 Å². The quantitative estimate of drug-likeness (QED) is 0.433. The molecule has 1 N–H and O–H groups in total. The number of ether oxygens (including phenoxy) is 1. The normalized spacial score (nSPS) is 15.0. The van der Waals surface area contributed by atoms with Crippen molar-refractivity contribution < 1.29 is 19.1 Å². The number of anilines is 2. The Balaban J connectivity index is 1.56. The van der Waals surface area contributed by atoms with Crippen LogP contribution in [0.5, 0.6) is 0 Å².